The van der Waals surface area contributed by atoms with Crippen LogP contribution >= 0.6 is 0 Å². The molecule has 0 aliphatic heterocycles. The van der Waals surface area contributed by atoms with Crippen LogP contribution < -0.4 is 10.1 Å². The zero-order chi connectivity index (χ0) is 15.5. The van der Waals surface area contributed by atoms with Crippen molar-refractivity contribution in [1.82, 2.24) is 4.98 Å². The highest BCUT2D eigenvalue weighted by Gasteiger charge is 2.15. The van der Waals surface area contributed by atoms with Gasteiger partial charge in [-0.3, -0.25) is 4.79 Å². The van der Waals surface area contributed by atoms with E-state index in [9.17, 15) is 4.79 Å². The Hall–Kier alpha value is -2.36. The quantitative estimate of drug-likeness (QED) is 0.936. The van der Waals surface area contributed by atoms with Gasteiger partial charge in [0.2, 0.25) is 0 Å². The molecule has 0 spiro atoms. The van der Waals surface area contributed by atoms with E-state index in [0.29, 0.717) is 17.1 Å². The van der Waals surface area contributed by atoms with E-state index >= 15 is 0 Å². The number of carbonyl (C=O) groups excluding carboxylic acids is 1. The molecular formula is C17H20N2O2. The lowest BCUT2D eigenvalue weighted by Gasteiger charge is -2.19. The lowest BCUT2D eigenvalue weighted by Crippen LogP contribution is -2.15. The van der Waals surface area contributed by atoms with E-state index in [1.165, 1.54) is 5.56 Å². The third-order valence-corrected chi connectivity index (χ3v) is 3.24. The summed E-state index contributed by atoms with van der Waals surface area (Å²) < 4.78 is 5.17. The van der Waals surface area contributed by atoms with Gasteiger partial charge in [0, 0.05) is 11.8 Å². The summed E-state index contributed by atoms with van der Waals surface area (Å²) in [6, 6.07) is 11.1. The Balaban J connectivity index is 2.17. The number of pyridine rings is 1. The van der Waals surface area contributed by atoms with E-state index in [1.807, 2.05) is 24.3 Å². The fourth-order valence-corrected chi connectivity index (χ4v) is 1.95. The van der Waals surface area contributed by atoms with Crippen LogP contribution in [0.5, 0.6) is 5.75 Å². The first-order chi connectivity index (χ1) is 9.91. The molecule has 0 aliphatic carbocycles. The van der Waals surface area contributed by atoms with E-state index < -0.39 is 0 Å². The predicted octanol–water partition coefficient (Wildman–Crippen LogP) is 3.64. The molecular weight excluding hydrogens is 264 g/mol. The molecule has 0 bridgehead atoms. The molecule has 0 fully saturated rings. The van der Waals surface area contributed by atoms with Crippen LogP contribution in [0.4, 0.5) is 5.82 Å². The van der Waals surface area contributed by atoms with Crippen LogP contribution in [0.3, 0.4) is 0 Å². The summed E-state index contributed by atoms with van der Waals surface area (Å²) in [6.07, 6.45) is 1.61. The molecule has 1 amide bonds. The summed E-state index contributed by atoms with van der Waals surface area (Å²) in [7, 11) is 1.55. The minimum absolute atomic E-state index is 0.0687. The lowest BCUT2D eigenvalue weighted by atomic mass is 9.87. The molecule has 2 aromatic rings. The highest BCUT2D eigenvalue weighted by atomic mass is 16.5. The molecule has 1 aromatic heterocycles. The van der Waals surface area contributed by atoms with Gasteiger partial charge in [-0.25, -0.2) is 4.98 Å². The highest BCUT2D eigenvalue weighted by Crippen LogP contribution is 2.23. The average molecular weight is 284 g/mol. The lowest BCUT2D eigenvalue weighted by molar-refractivity contribution is 0.102. The van der Waals surface area contributed by atoms with Gasteiger partial charge in [0.1, 0.15) is 0 Å². The minimum Gasteiger partial charge on any atom is -0.493 e. The predicted molar refractivity (Wildman–Crippen MR) is 83.9 cm³/mol. The van der Waals surface area contributed by atoms with Gasteiger partial charge in [-0.2, -0.15) is 0 Å². The van der Waals surface area contributed by atoms with E-state index in [1.54, 1.807) is 25.4 Å². The largest absolute Gasteiger partial charge is 0.493 e. The molecule has 4 nitrogen and oxygen atoms in total. The van der Waals surface area contributed by atoms with Gasteiger partial charge in [0.15, 0.2) is 11.6 Å². The van der Waals surface area contributed by atoms with Crippen molar-refractivity contribution in [2.24, 2.45) is 0 Å². The minimum atomic E-state index is -0.201. The number of carbonyl (C=O) groups is 1. The number of hydrogen-bond acceptors (Lipinski definition) is 3. The fourth-order valence-electron chi connectivity index (χ4n) is 1.95. The van der Waals surface area contributed by atoms with Gasteiger partial charge in [-0.05, 0) is 35.2 Å². The SMILES string of the molecule is COc1cccnc1NC(=O)c1ccc(C(C)(C)C)cc1. The number of anilines is 1. The molecule has 0 aliphatic rings. The second-order valence-electron chi connectivity index (χ2n) is 5.84. The topological polar surface area (TPSA) is 51.2 Å². The monoisotopic (exact) mass is 284 g/mol. The number of nitrogens with one attached hydrogen (secondary N) is 1. The van der Waals surface area contributed by atoms with Gasteiger partial charge in [0.25, 0.3) is 5.91 Å². The first-order valence-electron chi connectivity index (χ1n) is 6.83. The number of methoxy groups -OCH3 is 1. The van der Waals surface area contributed by atoms with Gasteiger partial charge in [0.05, 0.1) is 7.11 Å². The molecule has 0 unspecified atom stereocenters. The number of nitrogens with zero attached hydrogens (tertiary/aromatic N) is 1. The van der Waals surface area contributed by atoms with Crippen molar-refractivity contribution >= 4 is 11.7 Å². The Bertz CT molecular complexity index is 628. The maximum absolute atomic E-state index is 12.2. The number of ether oxygens (including phenoxy) is 1. The van der Waals surface area contributed by atoms with Crippen LogP contribution in [-0.4, -0.2) is 18.0 Å². The second-order valence-corrected chi connectivity index (χ2v) is 5.84. The summed E-state index contributed by atoms with van der Waals surface area (Å²) in [4.78, 5) is 16.4. The summed E-state index contributed by atoms with van der Waals surface area (Å²) in [5, 5.41) is 2.76. The van der Waals surface area contributed by atoms with Crippen LogP contribution in [0, 0.1) is 0 Å². The van der Waals surface area contributed by atoms with Crippen molar-refractivity contribution in [3.8, 4) is 5.75 Å². The van der Waals surface area contributed by atoms with Crippen molar-refractivity contribution in [3.63, 3.8) is 0 Å². The van der Waals surface area contributed by atoms with Crippen molar-refractivity contribution in [2.45, 2.75) is 26.2 Å². The normalized spacial score (nSPS) is 11.0. The first-order valence-corrected chi connectivity index (χ1v) is 6.83. The summed E-state index contributed by atoms with van der Waals surface area (Å²) in [6.45, 7) is 6.42. The molecule has 0 radical (unpaired) electrons. The Morgan fingerprint density at radius 2 is 1.81 bits per heavy atom. The molecule has 1 N–H and O–H groups in total. The van der Waals surface area contributed by atoms with Crippen LogP contribution in [0.15, 0.2) is 42.6 Å². The van der Waals surface area contributed by atoms with Crippen molar-refractivity contribution in [1.29, 1.82) is 0 Å². The molecule has 0 saturated carbocycles. The van der Waals surface area contributed by atoms with Gasteiger partial charge in [-0.1, -0.05) is 32.9 Å². The maximum atomic E-state index is 12.2. The third-order valence-electron chi connectivity index (χ3n) is 3.24. The van der Waals surface area contributed by atoms with E-state index in [-0.39, 0.29) is 11.3 Å². The van der Waals surface area contributed by atoms with Gasteiger partial charge >= 0.3 is 0 Å². The number of rotatable bonds is 3. The van der Waals surface area contributed by atoms with Crippen LogP contribution in [-0.2, 0) is 5.41 Å². The first kappa shape index (κ1) is 15.0. The second kappa shape index (κ2) is 5.95. The Kier molecular flexibility index (Phi) is 4.26. The van der Waals surface area contributed by atoms with Crippen molar-refractivity contribution < 1.29 is 9.53 Å². The molecule has 1 aromatic carbocycles. The van der Waals surface area contributed by atoms with Crippen LogP contribution in [0.25, 0.3) is 0 Å². The van der Waals surface area contributed by atoms with Crippen LogP contribution in [0.2, 0.25) is 0 Å². The molecule has 4 heteroatoms. The number of amides is 1. The molecule has 0 saturated heterocycles. The Morgan fingerprint density at radius 1 is 1.14 bits per heavy atom. The Morgan fingerprint density at radius 3 is 2.38 bits per heavy atom. The highest BCUT2D eigenvalue weighted by molar-refractivity contribution is 6.04. The Labute approximate surface area is 125 Å². The smallest absolute Gasteiger partial charge is 0.256 e. The van der Waals surface area contributed by atoms with Gasteiger partial charge < -0.3 is 10.1 Å². The van der Waals surface area contributed by atoms with E-state index in [4.69, 9.17) is 4.74 Å². The zero-order valence-electron chi connectivity index (χ0n) is 12.8. The summed E-state index contributed by atoms with van der Waals surface area (Å²) >= 11 is 0. The standard InChI is InChI=1S/C17H20N2O2/c1-17(2,3)13-9-7-12(8-10-13)16(20)19-15-14(21-4)6-5-11-18-15/h5-11H,1-4H3,(H,18,19,20). The summed E-state index contributed by atoms with van der Waals surface area (Å²) in [5.41, 5.74) is 1.85. The van der Waals surface area contributed by atoms with Gasteiger partial charge in [-0.15, -0.1) is 0 Å². The van der Waals surface area contributed by atoms with E-state index in [0.717, 1.165) is 0 Å². The zero-order valence-corrected chi connectivity index (χ0v) is 12.8. The van der Waals surface area contributed by atoms with E-state index in [2.05, 4.69) is 31.1 Å². The molecule has 110 valence electrons. The molecule has 2 rings (SSSR count). The molecule has 1 heterocycles. The third kappa shape index (κ3) is 3.60. The average Bonchev–Trinajstić information content (AvgIpc) is 2.47. The number of aromatic nitrogens is 1. The number of benzene rings is 1. The van der Waals surface area contributed by atoms with Crippen molar-refractivity contribution in [2.75, 3.05) is 12.4 Å². The molecule has 21 heavy (non-hydrogen) atoms. The fraction of sp³-hybridized carbons (Fsp3) is 0.294. The summed E-state index contributed by atoms with van der Waals surface area (Å²) in [5.74, 6) is 0.759. The van der Waals surface area contributed by atoms with Crippen molar-refractivity contribution in [3.05, 3.63) is 53.7 Å². The number of hydrogen-bond donors (Lipinski definition) is 1. The molecule has 0 atom stereocenters. The maximum Gasteiger partial charge on any atom is 0.256 e. The van der Waals surface area contributed by atoms with Crippen LogP contribution in [0.1, 0.15) is 36.7 Å².